The summed E-state index contributed by atoms with van der Waals surface area (Å²) < 4.78 is 38.3. The van der Waals surface area contributed by atoms with Crippen LogP contribution in [0.4, 0.5) is 5.69 Å². The highest BCUT2D eigenvalue weighted by Crippen LogP contribution is 2.38. The number of anilines is 1. The molecule has 0 bridgehead atoms. The molecule has 0 radical (unpaired) electrons. The van der Waals surface area contributed by atoms with E-state index < -0.39 is 16.0 Å². The van der Waals surface area contributed by atoms with Crippen LogP contribution in [0.1, 0.15) is 41.4 Å². The minimum Gasteiger partial charge on any atom is -0.478 e. The summed E-state index contributed by atoms with van der Waals surface area (Å²) in [5, 5.41) is 14.1. The van der Waals surface area contributed by atoms with Gasteiger partial charge in [-0.15, -0.1) is 4.47 Å². The molecule has 0 amide bonds. The van der Waals surface area contributed by atoms with E-state index in [1.54, 1.807) is 18.2 Å². The van der Waals surface area contributed by atoms with Crippen LogP contribution < -0.4 is 9.21 Å². The maximum atomic E-state index is 13.1. The molecule has 39 heavy (non-hydrogen) atoms. The molecule has 4 aromatic rings. The van der Waals surface area contributed by atoms with Crippen LogP contribution in [0.25, 0.3) is 11.3 Å². The van der Waals surface area contributed by atoms with Gasteiger partial charge >= 0.3 is 5.97 Å². The number of hydrogen-bond donors (Lipinski definition) is 1. The van der Waals surface area contributed by atoms with Crippen molar-refractivity contribution in [2.45, 2.75) is 31.3 Å². The second-order valence-electron chi connectivity index (χ2n) is 8.51. The molecule has 1 N–H and O–H groups in total. The van der Waals surface area contributed by atoms with Gasteiger partial charge in [-0.05, 0) is 42.5 Å². The number of nitrogens with zero attached hydrogens (tertiary/aromatic N) is 3. The van der Waals surface area contributed by atoms with E-state index in [9.17, 15) is 13.2 Å². The van der Waals surface area contributed by atoms with Gasteiger partial charge in [0.15, 0.2) is 0 Å². The standard InChI is InChI=1S/C26H23Cl2N3O7S/c1-15(2)25-19(24(30-38-25)23-20(27)5-4-6-21(23)28)14-37-22-12-9-17(13-29-22)31(36-3)39(34,35)18-10-7-16(8-11-18)26(32)33/h4-13,15H,14H2,1-3H3,(H,32,33). The number of aromatic carboxylic acids is 1. The van der Waals surface area contributed by atoms with Gasteiger partial charge in [0.25, 0.3) is 10.0 Å². The number of carboxylic acid groups (broad SMARTS) is 1. The molecular formula is C26H23Cl2N3O7S. The molecule has 0 aliphatic rings. The summed E-state index contributed by atoms with van der Waals surface area (Å²) in [5.74, 6) is -0.379. The van der Waals surface area contributed by atoms with Crippen molar-refractivity contribution in [2.24, 2.45) is 0 Å². The van der Waals surface area contributed by atoms with E-state index in [0.717, 1.165) is 0 Å². The van der Waals surface area contributed by atoms with Crippen LogP contribution in [0.3, 0.4) is 0 Å². The van der Waals surface area contributed by atoms with Gasteiger partial charge in [0.2, 0.25) is 5.88 Å². The van der Waals surface area contributed by atoms with E-state index in [1.807, 2.05) is 13.8 Å². The third kappa shape index (κ3) is 5.86. The van der Waals surface area contributed by atoms with Crippen LogP contribution in [0.5, 0.6) is 5.88 Å². The van der Waals surface area contributed by atoms with Gasteiger partial charge in [-0.1, -0.05) is 48.3 Å². The van der Waals surface area contributed by atoms with E-state index in [4.69, 9.17) is 42.4 Å². The minimum absolute atomic E-state index is 0.00789. The third-order valence-corrected chi connectivity index (χ3v) is 7.92. The van der Waals surface area contributed by atoms with Crippen molar-refractivity contribution in [1.82, 2.24) is 10.1 Å². The molecule has 13 heteroatoms. The maximum absolute atomic E-state index is 13.1. The van der Waals surface area contributed by atoms with Crippen molar-refractivity contribution < 1.29 is 32.4 Å². The zero-order chi connectivity index (χ0) is 28.3. The zero-order valence-electron chi connectivity index (χ0n) is 21.0. The lowest BCUT2D eigenvalue weighted by atomic mass is 10.0. The largest absolute Gasteiger partial charge is 0.478 e. The first-order valence-corrected chi connectivity index (χ1v) is 13.7. The summed E-state index contributed by atoms with van der Waals surface area (Å²) in [7, 11) is -2.99. The first-order valence-electron chi connectivity index (χ1n) is 11.5. The molecule has 2 heterocycles. The molecule has 4 rings (SSSR count). The fourth-order valence-electron chi connectivity index (χ4n) is 3.76. The van der Waals surface area contributed by atoms with Gasteiger partial charge in [0.05, 0.1) is 39.4 Å². The summed E-state index contributed by atoms with van der Waals surface area (Å²) in [5.41, 5.74) is 1.68. The summed E-state index contributed by atoms with van der Waals surface area (Å²) >= 11 is 12.8. The number of benzene rings is 2. The predicted molar refractivity (Wildman–Crippen MR) is 145 cm³/mol. The van der Waals surface area contributed by atoms with Crippen molar-refractivity contribution >= 4 is 44.9 Å². The molecule has 0 atom stereocenters. The van der Waals surface area contributed by atoms with Crippen molar-refractivity contribution in [2.75, 3.05) is 11.6 Å². The summed E-state index contributed by atoms with van der Waals surface area (Å²) in [4.78, 5) is 20.3. The number of hydrogen-bond acceptors (Lipinski definition) is 8. The predicted octanol–water partition coefficient (Wildman–Crippen LogP) is 6.20. The average Bonchev–Trinajstić information content (AvgIpc) is 3.32. The summed E-state index contributed by atoms with van der Waals surface area (Å²) in [6.07, 6.45) is 1.27. The Bertz CT molecular complexity index is 1570. The van der Waals surface area contributed by atoms with Crippen molar-refractivity contribution in [3.63, 3.8) is 0 Å². The molecule has 0 spiro atoms. The minimum atomic E-state index is -4.18. The van der Waals surface area contributed by atoms with Crippen LogP contribution >= 0.6 is 23.2 Å². The van der Waals surface area contributed by atoms with Crippen LogP contribution in [-0.4, -0.2) is 36.7 Å². The van der Waals surface area contributed by atoms with Crippen molar-refractivity contribution in [1.29, 1.82) is 0 Å². The Kier molecular flexibility index (Phi) is 8.45. The first-order chi connectivity index (χ1) is 18.5. The summed E-state index contributed by atoms with van der Waals surface area (Å²) in [6.45, 7) is 3.93. The Morgan fingerprint density at radius 1 is 1.08 bits per heavy atom. The Labute approximate surface area is 234 Å². The van der Waals surface area contributed by atoms with E-state index in [2.05, 4.69) is 10.1 Å². The van der Waals surface area contributed by atoms with Gasteiger partial charge in [-0.25, -0.2) is 9.78 Å². The molecular weight excluding hydrogens is 569 g/mol. The van der Waals surface area contributed by atoms with Crippen LogP contribution in [0.15, 0.2) is 70.2 Å². The molecule has 0 aliphatic heterocycles. The van der Waals surface area contributed by atoms with E-state index in [0.29, 0.717) is 37.1 Å². The average molecular weight is 592 g/mol. The molecule has 204 valence electrons. The number of sulfonamides is 1. The number of aromatic nitrogens is 2. The highest BCUT2D eigenvalue weighted by molar-refractivity contribution is 7.92. The second-order valence-corrected chi connectivity index (χ2v) is 11.1. The molecule has 2 aromatic carbocycles. The number of ether oxygens (including phenoxy) is 1. The van der Waals surface area contributed by atoms with E-state index in [1.165, 1.54) is 49.7 Å². The SMILES string of the molecule is CON(c1ccc(OCc2c(-c3c(Cl)cccc3Cl)noc2C(C)C)nc1)S(=O)(=O)c1ccc(C(=O)O)cc1. The maximum Gasteiger partial charge on any atom is 0.335 e. The first kappa shape index (κ1) is 28.4. The topological polar surface area (TPSA) is 132 Å². The van der Waals surface area contributed by atoms with Crippen LogP contribution in [0.2, 0.25) is 10.0 Å². The normalized spacial score (nSPS) is 11.5. The van der Waals surface area contributed by atoms with Gasteiger partial charge in [-0.3, -0.25) is 4.84 Å². The Hall–Kier alpha value is -3.64. The number of halogens is 2. The lowest BCUT2D eigenvalue weighted by Gasteiger charge is -2.21. The Morgan fingerprint density at radius 3 is 2.28 bits per heavy atom. The fourth-order valence-corrected chi connectivity index (χ4v) is 5.58. The molecule has 0 saturated heterocycles. The van der Waals surface area contributed by atoms with Crippen molar-refractivity contribution in [3.05, 3.63) is 87.7 Å². The molecule has 0 fully saturated rings. The highest BCUT2D eigenvalue weighted by Gasteiger charge is 2.27. The van der Waals surface area contributed by atoms with Gasteiger partial charge in [-0.2, -0.15) is 8.42 Å². The number of rotatable bonds is 10. The van der Waals surface area contributed by atoms with Gasteiger partial charge in [0.1, 0.15) is 23.7 Å². The Balaban J connectivity index is 1.57. The molecule has 0 unspecified atom stereocenters. The van der Waals surface area contributed by atoms with Gasteiger partial charge < -0.3 is 14.4 Å². The number of carboxylic acids is 1. The molecule has 0 aliphatic carbocycles. The van der Waals surface area contributed by atoms with Crippen LogP contribution in [-0.2, 0) is 21.5 Å². The lowest BCUT2D eigenvalue weighted by molar-refractivity contribution is 0.0696. The van der Waals surface area contributed by atoms with E-state index >= 15 is 0 Å². The van der Waals surface area contributed by atoms with Gasteiger partial charge in [0, 0.05) is 17.5 Å². The molecule has 0 saturated carbocycles. The number of carbonyl (C=O) groups is 1. The monoisotopic (exact) mass is 591 g/mol. The zero-order valence-corrected chi connectivity index (χ0v) is 23.3. The van der Waals surface area contributed by atoms with Crippen LogP contribution in [0, 0.1) is 0 Å². The Morgan fingerprint density at radius 2 is 1.74 bits per heavy atom. The second kappa shape index (κ2) is 11.6. The van der Waals surface area contributed by atoms with E-state index in [-0.39, 0.29) is 34.6 Å². The molecule has 10 nitrogen and oxygen atoms in total. The third-order valence-electron chi connectivity index (χ3n) is 5.62. The number of pyridine rings is 1. The summed E-state index contributed by atoms with van der Waals surface area (Å²) in [6, 6.07) is 12.8. The highest BCUT2D eigenvalue weighted by atomic mass is 35.5. The smallest absolute Gasteiger partial charge is 0.335 e. The lowest BCUT2D eigenvalue weighted by Crippen LogP contribution is -2.30. The molecule has 2 aromatic heterocycles. The quantitative estimate of drug-likeness (QED) is 0.214. The van der Waals surface area contributed by atoms with Crippen molar-refractivity contribution in [3.8, 4) is 17.1 Å². The fraction of sp³-hybridized carbons (Fsp3) is 0.192.